The quantitative estimate of drug-likeness (QED) is 0.581. The maximum Gasteiger partial charge on any atom is 0.179 e. The SMILES string of the molecule is O=C(c1ccccc1)C1(Br)CCCC1. The Morgan fingerprint density at radius 1 is 1.14 bits per heavy atom. The Hall–Kier alpha value is -0.630. The smallest absolute Gasteiger partial charge is 0.179 e. The van der Waals surface area contributed by atoms with Gasteiger partial charge < -0.3 is 0 Å². The molecule has 74 valence electrons. The highest BCUT2D eigenvalue weighted by molar-refractivity contribution is 9.10. The summed E-state index contributed by atoms with van der Waals surface area (Å²) in [6.45, 7) is 0. The Balaban J connectivity index is 2.24. The fourth-order valence-electron chi connectivity index (χ4n) is 2.01. The van der Waals surface area contributed by atoms with Gasteiger partial charge in [0.1, 0.15) is 0 Å². The number of ketones is 1. The van der Waals surface area contributed by atoms with Crippen molar-refractivity contribution in [1.82, 2.24) is 0 Å². The first-order chi connectivity index (χ1) is 6.72. The summed E-state index contributed by atoms with van der Waals surface area (Å²) in [5.74, 6) is 0.246. The summed E-state index contributed by atoms with van der Waals surface area (Å²) in [6.07, 6.45) is 4.26. The Morgan fingerprint density at radius 3 is 2.29 bits per heavy atom. The zero-order valence-corrected chi connectivity index (χ0v) is 9.59. The molecule has 1 fully saturated rings. The van der Waals surface area contributed by atoms with Crippen molar-refractivity contribution in [2.24, 2.45) is 0 Å². The van der Waals surface area contributed by atoms with Gasteiger partial charge in [0.15, 0.2) is 5.78 Å². The lowest BCUT2D eigenvalue weighted by Crippen LogP contribution is -2.28. The highest BCUT2D eigenvalue weighted by Gasteiger charge is 2.38. The highest BCUT2D eigenvalue weighted by Crippen LogP contribution is 2.40. The Kier molecular flexibility index (Phi) is 2.73. The molecule has 1 saturated carbocycles. The lowest BCUT2D eigenvalue weighted by Gasteiger charge is -2.19. The lowest BCUT2D eigenvalue weighted by molar-refractivity contribution is 0.0948. The molecular formula is C12H13BrO. The number of hydrogen-bond donors (Lipinski definition) is 0. The molecule has 1 aromatic carbocycles. The third-order valence-electron chi connectivity index (χ3n) is 2.84. The van der Waals surface area contributed by atoms with E-state index in [2.05, 4.69) is 15.9 Å². The largest absolute Gasteiger partial charge is 0.293 e. The molecule has 1 nitrogen and oxygen atoms in total. The van der Waals surface area contributed by atoms with Crippen LogP contribution in [-0.4, -0.2) is 10.1 Å². The highest BCUT2D eigenvalue weighted by atomic mass is 79.9. The van der Waals surface area contributed by atoms with Crippen molar-refractivity contribution in [3.8, 4) is 0 Å². The summed E-state index contributed by atoms with van der Waals surface area (Å²) >= 11 is 3.60. The molecule has 2 heteroatoms. The van der Waals surface area contributed by atoms with Crippen LogP contribution >= 0.6 is 15.9 Å². The minimum Gasteiger partial charge on any atom is -0.293 e. The molecule has 0 unspecified atom stereocenters. The van der Waals surface area contributed by atoms with E-state index >= 15 is 0 Å². The molecule has 0 radical (unpaired) electrons. The molecule has 0 spiro atoms. The third-order valence-corrected chi connectivity index (χ3v) is 3.99. The number of Topliss-reactive ketones (excluding diaryl/α,β-unsaturated/α-hetero) is 1. The van der Waals surface area contributed by atoms with Gasteiger partial charge in [0, 0.05) is 5.56 Å². The standard InChI is InChI=1S/C12H13BrO/c13-12(8-4-5-9-12)11(14)10-6-2-1-3-7-10/h1-3,6-7H,4-5,8-9H2. The topological polar surface area (TPSA) is 17.1 Å². The first-order valence-corrected chi connectivity index (χ1v) is 5.80. The summed E-state index contributed by atoms with van der Waals surface area (Å²) in [4.78, 5) is 12.1. The number of benzene rings is 1. The summed E-state index contributed by atoms with van der Waals surface area (Å²) in [5.41, 5.74) is 0.825. The van der Waals surface area contributed by atoms with Crippen LogP contribution in [0.2, 0.25) is 0 Å². The van der Waals surface area contributed by atoms with Crippen molar-refractivity contribution >= 4 is 21.7 Å². The predicted molar refractivity (Wildman–Crippen MR) is 60.9 cm³/mol. The van der Waals surface area contributed by atoms with Crippen LogP contribution in [0.1, 0.15) is 36.0 Å². The molecule has 0 heterocycles. The van der Waals surface area contributed by atoms with Crippen LogP contribution in [0.5, 0.6) is 0 Å². The van der Waals surface area contributed by atoms with E-state index < -0.39 is 0 Å². The Labute approximate surface area is 92.6 Å². The number of carbonyl (C=O) groups excluding carboxylic acids is 1. The third kappa shape index (κ3) is 1.76. The van der Waals surface area contributed by atoms with E-state index in [4.69, 9.17) is 0 Å². The first kappa shape index (κ1) is 9.91. The van der Waals surface area contributed by atoms with Gasteiger partial charge in [-0.2, -0.15) is 0 Å². The molecule has 0 atom stereocenters. The van der Waals surface area contributed by atoms with Crippen molar-refractivity contribution in [1.29, 1.82) is 0 Å². The Morgan fingerprint density at radius 2 is 1.71 bits per heavy atom. The molecule has 1 aromatic rings. The zero-order valence-electron chi connectivity index (χ0n) is 8.00. The maximum absolute atomic E-state index is 12.1. The van der Waals surface area contributed by atoms with E-state index in [0.29, 0.717) is 0 Å². The number of carbonyl (C=O) groups is 1. The minimum atomic E-state index is -0.269. The summed E-state index contributed by atoms with van der Waals surface area (Å²) in [6, 6.07) is 9.55. The number of hydrogen-bond acceptors (Lipinski definition) is 1. The van der Waals surface area contributed by atoms with Gasteiger partial charge in [-0.05, 0) is 12.8 Å². The van der Waals surface area contributed by atoms with Gasteiger partial charge in [0.05, 0.1) is 4.32 Å². The maximum atomic E-state index is 12.1. The fraction of sp³-hybridized carbons (Fsp3) is 0.417. The molecular weight excluding hydrogens is 240 g/mol. The minimum absolute atomic E-state index is 0.246. The van der Waals surface area contributed by atoms with Crippen LogP contribution in [0.4, 0.5) is 0 Å². The van der Waals surface area contributed by atoms with E-state index in [1.165, 1.54) is 0 Å². The molecule has 0 amide bonds. The molecule has 0 N–H and O–H groups in total. The molecule has 0 aliphatic heterocycles. The monoisotopic (exact) mass is 252 g/mol. The second kappa shape index (κ2) is 3.85. The van der Waals surface area contributed by atoms with Crippen LogP contribution in [0.25, 0.3) is 0 Å². The molecule has 0 saturated heterocycles. The van der Waals surface area contributed by atoms with Gasteiger partial charge >= 0.3 is 0 Å². The molecule has 14 heavy (non-hydrogen) atoms. The Bertz CT molecular complexity index is 325. The van der Waals surface area contributed by atoms with Crippen molar-refractivity contribution in [2.45, 2.75) is 30.0 Å². The molecule has 1 aliphatic carbocycles. The lowest BCUT2D eigenvalue weighted by atomic mass is 9.96. The van der Waals surface area contributed by atoms with Crippen LogP contribution in [-0.2, 0) is 0 Å². The summed E-state index contributed by atoms with van der Waals surface area (Å²) in [7, 11) is 0. The zero-order chi connectivity index (χ0) is 10.0. The van der Waals surface area contributed by atoms with E-state index in [-0.39, 0.29) is 10.1 Å². The molecule has 0 aromatic heterocycles. The van der Waals surface area contributed by atoms with Crippen molar-refractivity contribution in [3.05, 3.63) is 35.9 Å². The average molecular weight is 253 g/mol. The average Bonchev–Trinajstić information content (AvgIpc) is 2.67. The van der Waals surface area contributed by atoms with E-state index in [1.54, 1.807) is 0 Å². The van der Waals surface area contributed by atoms with Crippen LogP contribution in [0.15, 0.2) is 30.3 Å². The van der Waals surface area contributed by atoms with Crippen molar-refractivity contribution < 1.29 is 4.79 Å². The van der Waals surface area contributed by atoms with E-state index in [1.807, 2.05) is 30.3 Å². The van der Waals surface area contributed by atoms with E-state index in [9.17, 15) is 4.79 Å². The number of rotatable bonds is 2. The number of halogens is 1. The van der Waals surface area contributed by atoms with Crippen LogP contribution in [0, 0.1) is 0 Å². The molecule has 2 rings (SSSR count). The molecule has 0 bridgehead atoms. The van der Waals surface area contributed by atoms with Gasteiger partial charge in [-0.25, -0.2) is 0 Å². The predicted octanol–water partition coefficient (Wildman–Crippen LogP) is 3.58. The number of alkyl halides is 1. The first-order valence-electron chi connectivity index (χ1n) is 5.01. The van der Waals surface area contributed by atoms with Gasteiger partial charge in [0.25, 0.3) is 0 Å². The second-order valence-corrected chi connectivity index (χ2v) is 5.39. The molecule has 1 aliphatic rings. The van der Waals surface area contributed by atoms with Crippen molar-refractivity contribution in [2.75, 3.05) is 0 Å². The van der Waals surface area contributed by atoms with Gasteiger partial charge in [-0.1, -0.05) is 59.1 Å². The second-order valence-electron chi connectivity index (χ2n) is 3.87. The van der Waals surface area contributed by atoms with Gasteiger partial charge in [0.2, 0.25) is 0 Å². The van der Waals surface area contributed by atoms with Gasteiger partial charge in [-0.15, -0.1) is 0 Å². The van der Waals surface area contributed by atoms with Crippen LogP contribution < -0.4 is 0 Å². The summed E-state index contributed by atoms with van der Waals surface area (Å²) < 4.78 is -0.269. The van der Waals surface area contributed by atoms with Crippen LogP contribution in [0.3, 0.4) is 0 Å². The van der Waals surface area contributed by atoms with E-state index in [0.717, 1.165) is 31.2 Å². The van der Waals surface area contributed by atoms with Gasteiger partial charge in [-0.3, -0.25) is 4.79 Å². The normalized spacial score (nSPS) is 19.5. The van der Waals surface area contributed by atoms with Crippen molar-refractivity contribution in [3.63, 3.8) is 0 Å². The summed E-state index contributed by atoms with van der Waals surface area (Å²) in [5, 5.41) is 0. The fourth-order valence-corrected chi connectivity index (χ4v) is 2.80.